The molecule has 0 bridgehead atoms. The van der Waals surface area contributed by atoms with Crippen LogP contribution < -0.4 is 11.1 Å². The van der Waals surface area contributed by atoms with Crippen LogP contribution in [0.4, 0.5) is 11.4 Å². The predicted octanol–water partition coefficient (Wildman–Crippen LogP) is 1.39. The first-order valence-corrected chi connectivity index (χ1v) is 9.64. The van der Waals surface area contributed by atoms with Crippen LogP contribution in [0.2, 0.25) is 0 Å². The van der Waals surface area contributed by atoms with E-state index in [1.165, 1.54) is 56.6 Å². The lowest BCUT2D eigenvalue weighted by molar-refractivity contribution is -0.384. The number of rotatable bonds is 6. The van der Waals surface area contributed by atoms with Crippen LogP contribution in [-0.2, 0) is 21.4 Å². The van der Waals surface area contributed by atoms with E-state index >= 15 is 0 Å². The summed E-state index contributed by atoms with van der Waals surface area (Å²) in [5, 5.41) is 13.3. The molecule has 3 rings (SSSR count). The van der Waals surface area contributed by atoms with Gasteiger partial charge in [0, 0.05) is 38.0 Å². The second kappa shape index (κ2) is 7.48. The van der Waals surface area contributed by atoms with Crippen molar-refractivity contribution in [3.63, 3.8) is 0 Å². The molecule has 0 unspecified atom stereocenters. The average molecular weight is 420 g/mol. The van der Waals surface area contributed by atoms with Gasteiger partial charge in [-0.15, -0.1) is 0 Å². The lowest BCUT2D eigenvalue weighted by Gasteiger charge is -2.11. The average Bonchev–Trinajstić information content (AvgIpc) is 2.96. The van der Waals surface area contributed by atoms with E-state index in [-0.39, 0.29) is 27.4 Å². The SMILES string of the molecule is CN(C)S(=O)(=O)c1ccc2c(c1)oc(=O)n2CC(=O)Nc1cccc([N+](=O)[O-])c1. The molecule has 0 spiro atoms. The van der Waals surface area contributed by atoms with Crippen LogP contribution >= 0.6 is 0 Å². The molecule has 0 radical (unpaired) electrons. The number of nitrogens with one attached hydrogen (secondary N) is 1. The molecule has 0 fully saturated rings. The van der Waals surface area contributed by atoms with E-state index in [9.17, 15) is 28.1 Å². The van der Waals surface area contributed by atoms with Gasteiger partial charge in [0.2, 0.25) is 15.9 Å². The predicted molar refractivity (Wildman–Crippen MR) is 103 cm³/mol. The Bertz CT molecular complexity index is 1270. The number of aromatic nitrogens is 1. The van der Waals surface area contributed by atoms with Gasteiger partial charge in [-0.25, -0.2) is 17.5 Å². The lowest BCUT2D eigenvalue weighted by Crippen LogP contribution is -2.24. The summed E-state index contributed by atoms with van der Waals surface area (Å²) in [6, 6.07) is 9.24. The Morgan fingerprint density at radius 2 is 1.97 bits per heavy atom. The third-order valence-corrected chi connectivity index (χ3v) is 5.87. The number of oxazole rings is 1. The summed E-state index contributed by atoms with van der Waals surface area (Å²) >= 11 is 0. The molecular formula is C17H16N4O7S. The van der Waals surface area contributed by atoms with E-state index in [4.69, 9.17) is 4.42 Å². The fourth-order valence-electron chi connectivity index (χ4n) is 2.61. The molecule has 1 heterocycles. The van der Waals surface area contributed by atoms with Gasteiger partial charge in [0.1, 0.15) is 6.54 Å². The highest BCUT2D eigenvalue weighted by Crippen LogP contribution is 2.21. The van der Waals surface area contributed by atoms with Crippen molar-refractivity contribution >= 4 is 38.4 Å². The van der Waals surface area contributed by atoms with Crippen molar-refractivity contribution in [2.75, 3.05) is 19.4 Å². The largest absolute Gasteiger partial charge is 0.420 e. The number of nitrogens with zero attached hydrogens (tertiary/aromatic N) is 3. The molecule has 0 saturated carbocycles. The number of benzene rings is 2. The summed E-state index contributed by atoms with van der Waals surface area (Å²) in [4.78, 5) is 34.6. The number of anilines is 1. The Balaban J connectivity index is 1.88. The van der Waals surface area contributed by atoms with E-state index in [1.807, 2.05) is 0 Å². The summed E-state index contributed by atoms with van der Waals surface area (Å²) in [5.74, 6) is -1.45. The fraction of sp³-hybridized carbons (Fsp3) is 0.176. The third kappa shape index (κ3) is 4.02. The summed E-state index contributed by atoms with van der Waals surface area (Å²) in [7, 11) is -0.971. The highest BCUT2D eigenvalue weighted by molar-refractivity contribution is 7.89. The molecule has 0 saturated heterocycles. The van der Waals surface area contributed by atoms with Crippen molar-refractivity contribution in [3.8, 4) is 0 Å². The minimum Gasteiger partial charge on any atom is -0.408 e. The maximum Gasteiger partial charge on any atom is 0.420 e. The standard InChI is InChI=1S/C17H16N4O7S/c1-19(2)29(26,27)13-6-7-14-15(9-13)28-17(23)20(14)10-16(22)18-11-4-3-5-12(8-11)21(24)25/h3-9H,10H2,1-2H3,(H,18,22). The van der Waals surface area contributed by atoms with Crippen molar-refractivity contribution in [1.82, 2.24) is 8.87 Å². The van der Waals surface area contributed by atoms with Crippen LogP contribution in [0.1, 0.15) is 0 Å². The number of non-ortho nitro benzene ring substituents is 1. The van der Waals surface area contributed by atoms with Crippen molar-refractivity contribution in [1.29, 1.82) is 0 Å². The Morgan fingerprint density at radius 1 is 1.24 bits per heavy atom. The molecule has 0 aliphatic rings. The maximum absolute atomic E-state index is 12.3. The van der Waals surface area contributed by atoms with E-state index < -0.39 is 33.2 Å². The van der Waals surface area contributed by atoms with Crippen LogP contribution in [0.3, 0.4) is 0 Å². The molecule has 0 atom stereocenters. The molecule has 1 amide bonds. The first-order valence-electron chi connectivity index (χ1n) is 8.20. The van der Waals surface area contributed by atoms with Gasteiger partial charge in [-0.2, -0.15) is 0 Å². The van der Waals surface area contributed by atoms with Crippen LogP contribution in [0.5, 0.6) is 0 Å². The molecule has 1 aromatic heterocycles. The molecule has 152 valence electrons. The second-order valence-corrected chi connectivity index (χ2v) is 8.38. The first kappa shape index (κ1) is 20.2. The van der Waals surface area contributed by atoms with E-state index in [1.54, 1.807) is 0 Å². The van der Waals surface area contributed by atoms with Gasteiger partial charge in [-0.3, -0.25) is 19.5 Å². The quantitative estimate of drug-likeness (QED) is 0.468. The Morgan fingerprint density at radius 3 is 2.62 bits per heavy atom. The van der Waals surface area contributed by atoms with E-state index in [2.05, 4.69) is 5.32 Å². The molecular weight excluding hydrogens is 404 g/mol. The normalized spacial score (nSPS) is 11.7. The molecule has 29 heavy (non-hydrogen) atoms. The van der Waals surface area contributed by atoms with Crippen LogP contribution in [0, 0.1) is 10.1 Å². The van der Waals surface area contributed by atoms with Crippen LogP contribution in [-0.4, -0.2) is 42.2 Å². The van der Waals surface area contributed by atoms with E-state index in [0.717, 1.165) is 8.87 Å². The number of amides is 1. The zero-order chi connectivity index (χ0) is 21.3. The number of nitro benzene ring substituents is 1. The molecule has 0 aliphatic heterocycles. The summed E-state index contributed by atoms with van der Waals surface area (Å²) in [6.07, 6.45) is 0. The molecule has 2 aromatic carbocycles. The molecule has 1 N–H and O–H groups in total. The first-order chi connectivity index (χ1) is 13.6. The summed E-state index contributed by atoms with van der Waals surface area (Å²) in [5.41, 5.74) is 0.260. The molecule has 3 aromatic rings. The monoisotopic (exact) mass is 420 g/mol. The molecule has 11 nitrogen and oxygen atoms in total. The summed E-state index contributed by atoms with van der Waals surface area (Å²) < 4.78 is 31.6. The number of fused-ring (bicyclic) bond motifs is 1. The van der Waals surface area contributed by atoms with Crippen LogP contribution in [0.15, 0.2) is 56.6 Å². The Hall–Kier alpha value is -3.51. The second-order valence-electron chi connectivity index (χ2n) is 6.23. The highest BCUT2D eigenvalue weighted by Gasteiger charge is 2.20. The van der Waals surface area contributed by atoms with Crippen molar-refractivity contribution in [2.45, 2.75) is 11.4 Å². The van der Waals surface area contributed by atoms with Crippen molar-refractivity contribution < 1.29 is 22.6 Å². The molecule has 12 heteroatoms. The van der Waals surface area contributed by atoms with Gasteiger partial charge in [-0.05, 0) is 18.2 Å². The smallest absolute Gasteiger partial charge is 0.408 e. The van der Waals surface area contributed by atoms with E-state index in [0.29, 0.717) is 0 Å². The van der Waals surface area contributed by atoms with Crippen molar-refractivity contribution in [2.24, 2.45) is 0 Å². The van der Waals surface area contributed by atoms with Crippen molar-refractivity contribution in [3.05, 3.63) is 63.1 Å². The van der Waals surface area contributed by atoms with Gasteiger partial charge in [-0.1, -0.05) is 6.07 Å². The minimum absolute atomic E-state index is 0.0149. The van der Waals surface area contributed by atoms with Crippen LogP contribution in [0.25, 0.3) is 11.1 Å². The maximum atomic E-state index is 12.3. The third-order valence-electron chi connectivity index (χ3n) is 4.06. The fourth-order valence-corrected chi connectivity index (χ4v) is 3.53. The summed E-state index contributed by atoms with van der Waals surface area (Å²) in [6.45, 7) is -0.422. The minimum atomic E-state index is -3.72. The van der Waals surface area contributed by atoms with Gasteiger partial charge < -0.3 is 9.73 Å². The lowest BCUT2D eigenvalue weighted by atomic mass is 10.3. The topological polar surface area (TPSA) is 145 Å². The van der Waals surface area contributed by atoms with Gasteiger partial charge in [0.05, 0.1) is 15.3 Å². The number of nitro groups is 1. The zero-order valence-corrected chi connectivity index (χ0v) is 16.2. The highest BCUT2D eigenvalue weighted by atomic mass is 32.2. The molecule has 0 aliphatic carbocycles. The Kier molecular flexibility index (Phi) is 5.22. The zero-order valence-electron chi connectivity index (χ0n) is 15.4. The number of hydrogen-bond donors (Lipinski definition) is 1. The van der Waals surface area contributed by atoms with Gasteiger partial charge in [0.15, 0.2) is 5.58 Å². The number of carbonyl (C=O) groups excluding carboxylic acids is 1. The number of hydrogen-bond acceptors (Lipinski definition) is 7. The Labute approximate surface area is 164 Å². The van der Waals surface area contributed by atoms with Gasteiger partial charge in [0.25, 0.3) is 5.69 Å². The van der Waals surface area contributed by atoms with Gasteiger partial charge >= 0.3 is 5.76 Å². The number of sulfonamides is 1. The number of carbonyl (C=O) groups is 1.